The van der Waals surface area contributed by atoms with Gasteiger partial charge in [0, 0.05) is 18.6 Å². The number of oxazole rings is 1. The van der Waals surface area contributed by atoms with E-state index >= 15 is 0 Å². The number of pyridine rings is 1. The normalized spacial score (nSPS) is 13.1. The van der Waals surface area contributed by atoms with Crippen molar-refractivity contribution < 1.29 is 8.98 Å². The van der Waals surface area contributed by atoms with Gasteiger partial charge in [-0.05, 0) is 18.2 Å². The zero-order chi connectivity index (χ0) is 12.4. The molecule has 0 amide bonds. The van der Waals surface area contributed by atoms with Crippen molar-refractivity contribution in [3.05, 3.63) is 48.5 Å². The molecular weight excluding hydrogens is 240 g/mol. The summed E-state index contributed by atoms with van der Waals surface area (Å²) in [6, 6.07) is 5.95. The van der Waals surface area contributed by atoms with Crippen LogP contribution in [0.15, 0.2) is 47.4 Å². The maximum Gasteiger partial charge on any atom is 0.401 e. The Hall–Kier alpha value is -2.69. The van der Waals surface area contributed by atoms with Crippen LogP contribution in [-0.2, 0) is 6.54 Å². The summed E-state index contributed by atoms with van der Waals surface area (Å²) in [6.07, 6.45) is 7.54. The van der Waals surface area contributed by atoms with Crippen LogP contribution in [-0.4, -0.2) is 14.4 Å². The van der Waals surface area contributed by atoms with Crippen LogP contribution in [0, 0.1) is 0 Å². The summed E-state index contributed by atoms with van der Waals surface area (Å²) in [5, 5.41) is 0. The minimum atomic E-state index is 0.793. The number of hydrogen-bond acceptors (Lipinski definition) is 3. The van der Waals surface area contributed by atoms with Gasteiger partial charge in [-0.3, -0.25) is 4.40 Å². The highest BCUT2D eigenvalue weighted by Gasteiger charge is 2.36. The summed E-state index contributed by atoms with van der Waals surface area (Å²) in [5.41, 5.74) is 4.94. The van der Waals surface area contributed by atoms with E-state index in [0.717, 1.165) is 34.9 Å². The van der Waals surface area contributed by atoms with E-state index in [2.05, 4.69) is 20.6 Å². The first-order chi connectivity index (χ1) is 9.42. The van der Waals surface area contributed by atoms with Crippen LogP contribution in [0.5, 0.6) is 0 Å². The molecule has 0 aromatic carbocycles. The Morgan fingerprint density at radius 2 is 2.16 bits per heavy atom. The summed E-state index contributed by atoms with van der Waals surface area (Å²) >= 11 is 0. The van der Waals surface area contributed by atoms with E-state index in [9.17, 15) is 0 Å². The molecule has 5 rings (SSSR count). The van der Waals surface area contributed by atoms with Gasteiger partial charge in [0.25, 0.3) is 5.52 Å². The molecule has 0 fully saturated rings. The minimum Gasteiger partial charge on any atom is -0.395 e. The predicted molar refractivity (Wildman–Crippen MR) is 67.5 cm³/mol. The molecule has 90 valence electrons. The third kappa shape index (κ3) is 1.03. The first kappa shape index (κ1) is 9.27. The van der Waals surface area contributed by atoms with Crippen molar-refractivity contribution in [2.45, 2.75) is 6.54 Å². The van der Waals surface area contributed by atoms with Crippen molar-refractivity contribution in [1.82, 2.24) is 14.4 Å². The summed E-state index contributed by atoms with van der Waals surface area (Å²) < 4.78 is 10.1. The van der Waals surface area contributed by atoms with Crippen LogP contribution < -0.4 is 4.57 Å². The Morgan fingerprint density at radius 1 is 1.21 bits per heavy atom. The van der Waals surface area contributed by atoms with E-state index in [0.29, 0.717) is 0 Å². The average molecular weight is 249 g/mol. The van der Waals surface area contributed by atoms with Crippen LogP contribution in [0.1, 0.15) is 5.56 Å². The molecule has 0 bridgehead atoms. The molecule has 0 aliphatic carbocycles. The summed E-state index contributed by atoms with van der Waals surface area (Å²) in [7, 11) is 0. The van der Waals surface area contributed by atoms with Crippen molar-refractivity contribution in [1.29, 1.82) is 0 Å². The van der Waals surface area contributed by atoms with Gasteiger partial charge in [0.2, 0.25) is 11.2 Å². The van der Waals surface area contributed by atoms with Crippen molar-refractivity contribution in [3.63, 3.8) is 0 Å². The van der Waals surface area contributed by atoms with Gasteiger partial charge in [-0.1, -0.05) is 0 Å². The standard InChI is InChI=1S/C14H9N4O/c1-3-9-7-18-12-10(19-14(18)11(9)15-4-1)8-17-6-2-5-16-13(12)17/h1-6,8H,7H2/q+1. The third-order valence-corrected chi connectivity index (χ3v) is 3.62. The highest BCUT2D eigenvalue weighted by atomic mass is 16.4. The third-order valence-electron chi connectivity index (χ3n) is 3.62. The van der Waals surface area contributed by atoms with Gasteiger partial charge in [-0.15, -0.1) is 4.57 Å². The number of fused-ring (bicyclic) bond motifs is 7. The fraction of sp³-hybridized carbons (Fsp3) is 0.0714. The van der Waals surface area contributed by atoms with E-state index in [1.54, 1.807) is 12.4 Å². The molecule has 19 heavy (non-hydrogen) atoms. The summed E-state index contributed by atoms with van der Waals surface area (Å²) in [5.74, 6) is 0.828. The van der Waals surface area contributed by atoms with Gasteiger partial charge in [0.1, 0.15) is 0 Å². The second kappa shape index (κ2) is 3.00. The Bertz CT molecular complexity index is 951. The molecule has 5 heterocycles. The minimum absolute atomic E-state index is 0.793. The average Bonchev–Trinajstić information content (AvgIpc) is 3.05. The Morgan fingerprint density at radius 3 is 3.16 bits per heavy atom. The zero-order valence-corrected chi connectivity index (χ0v) is 9.95. The SMILES string of the molecule is c1cnc2c(c1)C[n+]1c-2oc2cn3cccnc3c21. The van der Waals surface area contributed by atoms with Gasteiger partial charge in [-0.2, -0.15) is 0 Å². The van der Waals surface area contributed by atoms with Crippen molar-refractivity contribution in [3.8, 4) is 11.6 Å². The van der Waals surface area contributed by atoms with Gasteiger partial charge < -0.3 is 4.42 Å². The molecule has 0 atom stereocenters. The van der Waals surface area contributed by atoms with Gasteiger partial charge in [-0.25, -0.2) is 9.97 Å². The highest BCUT2D eigenvalue weighted by molar-refractivity contribution is 5.86. The van der Waals surface area contributed by atoms with Crippen LogP contribution >= 0.6 is 0 Å². The van der Waals surface area contributed by atoms with E-state index in [-0.39, 0.29) is 0 Å². The molecule has 1 aliphatic rings. The molecule has 5 heteroatoms. The van der Waals surface area contributed by atoms with Crippen LogP contribution in [0.4, 0.5) is 0 Å². The molecule has 0 spiro atoms. The second-order valence-corrected chi connectivity index (χ2v) is 4.70. The molecule has 4 aromatic heterocycles. The fourth-order valence-electron chi connectivity index (χ4n) is 2.81. The zero-order valence-electron chi connectivity index (χ0n) is 9.95. The van der Waals surface area contributed by atoms with E-state index in [1.165, 1.54) is 5.56 Å². The lowest BCUT2D eigenvalue weighted by atomic mass is 10.2. The molecule has 0 radical (unpaired) electrons. The molecule has 0 saturated carbocycles. The molecule has 4 aromatic rings. The highest BCUT2D eigenvalue weighted by Crippen LogP contribution is 2.30. The van der Waals surface area contributed by atoms with Gasteiger partial charge in [0.15, 0.2) is 12.2 Å². The maximum atomic E-state index is 5.96. The number of aromatic nitrogens is 4. The van der Waals surface area contributed by atoms with Crippen molar-refractivity contribution in [2.75, 3.05) is 0 Å². The van der Waals surface area contributed by atoms with E-state index < -0.39 is 0 Å². The summed E-state index contributed by atoms with van der Waals surface area (Å²) in [6.45, 7) is 0.793. The molecule has 0 saturated heterocycles. The lowest BCUT2D eigenvalue weighted by Crippen LogP contribution is -2.30. The molecular formula is C14H9N4O+. The largest absolute Gasteiger partial charge is 0.401 e. The first-order valence-corrected chi connectivity index (χ1v) is 6.14. The number of hydrogen-bond donors (Lipinski definition) is 0. The Kier molecular flexibility index (Phi) is 1.46. The summed E-state index contributed by atoms with van der Waals surface area (Å²) in [4.78, 5) is 8.86. The Balaban J connectivity index is 1.94. The quantitative estimate of drug-likeness (QED) is 0.393. The first-order valence-electron chi connectivity index (χ1n) is 6.14. The number of rotatable bonds is 0. The Labute approximate surface area is 107 Å². The molecule has 1 aliphatic heterocycles. The van der Waals surface area contributed by atoms with Gasteiger partial charge >= 0.3 is 5.89 Å². The molecule has 5 nitrogen and oxygen atoms in total. The predicted octanol–water partition coefficient (Wildman–Crippen LogP) is 1.79. The molecule has 0 N–H and O–H groups in total. The van der Waals surface area contributed by atoms with E-state index in [4.69, 9.17) is 4.42 Å². The van der Waals surface area contributed by atoms with Crippen LogP contribution in [0.25, 0.3) is 28.3 Å². The topological polar surface area (TPSA) is 47.2 Å². The smallest absolute Gasteiger partial charge is 0.395 e. The van der Waals surface area contributed by atoms with Crippen molar-refractivity contribution in [2.24, 2.45) is 0 Å². The monoisotopic (exact) mass is 249 g/mol. The van der Waals surface area contributed by atoms with E-state index in [1.807, 2.05) is 28.9 Å². The molecule has 0 unspecified atom stereocenters. The van der Waals surface area contributed by atoms with Gasteiger partial charge in [0.05, 0.1) is 11.8 Å². The number of nitrogens with zero attached hydrogens (tertiary/aromatic N) is 4. The second-order valence-electron chi connectivity index (χ2n) is 4.70. The lowest BCUT2D eigenvalue weighted by molar-refractivity contribution is -0.648. The maximum absolute atomic E-state index is 5.96. The van der Waals surface area contributed by atoms with Crippen LogP contribution in [0.3, 0.4) is 0 Å². The van der Waals surface area contributed by atoms with Crippen molar-refractivity contribution >= 4 is 16.7 Å². The van der Waals surface area contributed by atoms with Crippen LogP contribution in [0.2, 0.25) is 0 Å². The lowest BCUT2D eigenvalue weighted by Gasteiger charge is -1.89. The fourth-order valence-corrected chi connectivity index (χ4v) is 2.81.